The first kappa shape index (κ1) is 10.1. The van der Waals surface area contributed by atoms with E-state index in [2.05, 4.69) is 25.8 Å². The predicted molar refractivity (Wildman–Crippen MR) is 42.0 cm³/mol. The third kappa shape index (κ3) is 2.38. The fourth-order valence-electron chi connectivity index (χ4n) is 1.01. The van der Waals surface area contributed by atoms with E-state index >= 15 is 0 Å². The van der Waals surface area contributed by atoms with Gasteiger partial charge in [-0.15, -0.1) is 0 Å². The highest BCUT2D eigenvalue weighted by Gasteiger charge is 2.30. The monoisotopic (exact) mass is 164 g/mol. The van der Waals surface area contributed by atoms with Crippen molar-refractivity contribution >= 4 is 8.32 Å². The Morgan fingerprint density at radius 3 is 1.60 bits per heavy atom. The Balaban J connectivity index is 3.87. The molecule has 0 saturated heterocycles. The summed E-state index contributed by atoms with van der Waals surface area (Å²) in [4.78, 5) is 0. The molecule has 0 aliphatic heterocycles. The summed E-state index contributed by atoms with van der Waals surface area (Å²) in [6.45, 7) is 6.20. The quantitative estimate of drug-likeness (QED) is 0.385. The lowest BCUT2D eigenvalue weighted by Gasteiger charge is -2.23. The van der Waals surface area contributed by atoms with Crippen molar-refractivity contribution in [3.05, 3.63) is 0 Å². The fourth-order valence-corrected chi connectivity index (χ4v) is 3.02. The molecule has 62 valence electrons. The zero-order valence-corrected chi connectivity index (χ0v) is 7.89. The van der Waals surface area contributed by atoms with Gasteiger partial charge in [-0.1, -0.05) is 25.8 Å². The van der Waals surface area contributed by atoms with Gasteiger partial charge in [0.1, 0.15) is 0 Å². The molecule has 0 aliphatic rings. The van der Waals surface area contributed by atoms with Crippen molar-refractivity contribution in [2.75, 3.05) is 0 Å². The van der Waals surface area contributed by atoms with E-state index in [0.717, 1.165) is 18.1 Å². The summed E-state index contributed by atoms with van der Waals surface area (Å²) < 4.78 is 4.87. The lowest BCUT2D eigenvalue weighted by molar-refractivity contribution is -0.448. The van der Waals surface area contributed by atoms with E-state index in [1.165, 1.54) is 0 Å². The van der Waals surface area contributed by atoms with Crippen molar-refractivity contribution in [1.82, 2.24) is 0 Å². The molecule has 0 atom stereocenters. The number of hydrogen-bond donors (Lipinski definition) is 1. The molecule has 3 nitrogen and oxygen atoms in total. The largest absolute Gasteiger partial charge is 0.257 e. The maximum Gasteiger partial charge on any atom is 0.242 e. The topological polar surface area (TPSA) is 38.7 Å². The average Bonchev–Trinajstić information content (AvgIpc) is 2.01. The molecule has 0 heterocycles. The molecule has 0 aromatic heterocycles. The Morgan fingerprint density at radius 2 is 1.50 bits per heavy atom. The molecule has 0 saturated carbocycles. The van der Waals surface area contributed by atoms with Crippen LogP contribution >= 0.6 is 0 Å². The Hall–Kier alpha value is 0.0969. The second-order valence-corrected chi connectivity index (χ2v) is 7.06. The van der Waals surface area contributed by atoms with Crippen LogP contribution in [0.3, 0.4) is 0 Å². The van der Waals surface area contributed by atoms with Crippen molar-refractivity contribution in [1.29, 1.82) is 0 Å². The molecule has 0 bridgehead atoms. The van der Waals surface area contributed by atoms with E-state index in [9.17, 15) is 0 Å². The van der Waals surface area contributed by atoms with E-state index in [1.54, 1.807) is 0 Å². The summed E-state index contributed by atoms with van der Waals surface area (Å²) >= 11 is 0. The van der Waals surface area contributed by atoms with Gasteiger partial charge < -0.3 is 0 Å². The Morgan fingerprint density at radius 1 is 1.10 bits per heavy atom. The van der Waals surface area contributed by atoms with Gasteiger partial charge in [-0.05, 0) is 18.1 Å². The molecule has 0 aliphatic carbocycles. The molecule has 4 heteroatoms. The van der Waals surface area contributed by atoms with Crippen LogP contribution in [0.25, 0.3) is 0 Å². The first-order valence-electron chi connectivity index (χ1n) is 3.74. The van der Waals surface area contributed by atoms with Crippen LogP contribution in [0.4, 0.5) is 0 Å². The van der Waals surface area contributed by atoms with Crippen molar-refractivity contribution in [2.24, 2.45) is 0 Å². The minimum atomic E-state index is -1.69. The van der Waals surface area contributed by atoms with Gasteiger partial charge in [0.15, 0.2) is 0 Å². The molecule has 10 heavy (non-hydrogen) atoms. The van der Waals surface area contributed by atoms with Crippen molar-refractivity contribution in [3.63, 3.8) is 0 Å². The van der Waals surface area contributed by atoms with Crippen LogP contribution in [0.2, 0.25) is 18.1 Å². The van der Waals surface area contributed by atoms with Crippen LogP contribution in [0.5, 0.6) is 0 Å². The molecule has 1 N–H and O–H groups in total. The first-order valence-corrected chi connectivity index (χ1v) is 6.26. The molecule has 0 spiro atoms. The molecular weight excluding hydrogens is 148 g/mol. The van der Waals surface area contributed by atoms with Crippen molar-refractivity contribution in [3.8, 4) is 0 Å². The zero-order valence-electron chi connectivity index (χ0n) is 6.89. The van der Waals surface area contributed by atoms with Gasteiger partial charge >= 0.3 is 0 Å². The van der Waals surface area contributed by atoms with E-state index in [1.807, 2.05) is 0 Å². The highest BCUT2D eigenvalue weighted by Crippen LogP contribution is 2.20. The average molecular weight is 164 g/mol. The number of hydrogen-bond acceptors (Lipinski definition) is 3. The Kier molecular flexibility index (Phi) is 4.89. The Labute approximate surface area is 62.9 Å². The van der Waals surface area contributed by atoms with Gasteiger partial charge in [0.05, 0.1) is 0 Å². The molecule has 0 fully saturated rings. The van der Waals surface area contributed by atoms with Gasteiger partial charge in [0.25, 0.3) is 0 Å². The summed E-state index contributed by atoms with van der Waals surface area (Å²) in [7, 11) is -1.69. The van der Waals surface area contributed by atoms with Gasteiger partial charge in [-0.3, -0.25) is 4.58 Å². The molecule has 0 radical (unpaired) electrons. The summed E-state index contributed by atoms with van der Waals surface area (Å²) in [5.74, 6) is 0. The van der Waals surface area contributed by atoms with E-state index in [0.29, 0.717) is 0 Å². The second kappa shape index (κ2) is 4.84. The number of rotatable bonds is 5. The Bertz CT molecular complexity index is 74.8. The second-order valence-electron chi connectivity index (χ2n) is 2.40. The molecular formula is C6H16O3Si. The fraction of sp³-hybridized carbons (Fsp3) is 1.00. The third-order valence-electron chi connectivity index (χ3n) is 2.15. The van der Waals surface area contributed by atoms with Gasteiger partial charge in [0, 0.05) is 0 Å². The van der Waals surface area contributed by atoms with Crippen LogP contribution in [0.15, 0.2) is 0 Å². The first-order chi connectivity index (χ1) is 4.74. The maximum atomic E-state index is 8.11. The van der Waals surface area contributed by atoms with Crippen molar-refractivity contribution < 1.29 is 14.9 Å². The van der Waals surface area contributed by atoms with Gasteiger partial charge in [-0.25, -0.2) is 5.26 Å². The summed E-state index contributed by atoms with van der Waals surface area (Å²) in [5, 5.41) is 11.8. The highest BCUT2D eigenvalue weighted by molar-refractivity contribution is 6.73. The van der Waals surface area contributed by atoms with Gasteiger partial charge in [0.2, 0.25) is 8.32 Å². The molecule has 0 unspecified atom stereocenters. The summed E-state index contributed by atoms with van der Waals surface area (Å²) in [5.41, 5.74) is 0. The zero-order chi connectivity index (χ0) is 8.04. The summed E-state index contributed by atoms with van der Waals surface area (Å²) in [6, 6.07) is 2.96. The third-order valence-corrected chi connectivity index (χ3v) is 6.44. The van der Waals surface area contributed by atoms with Crippen LogP contribution in [0.1, 0.15) is 20.8 Å². The van der Waals surface area contributed by atoms with Gasteiger partial charge in [-0.2, -0.15) is 0 Å². The highest BCUT2D eigenvalue weighted by atomic mass is 28.4. The normalized spacial score (nSPS) is 12.0. The van der Waals surface area contributed by atoms with Crippen LogP contribution in [-0.2, 0) is 9.61 Å². The van der Waals surface area contributed by atoms with Crippen LogP contribution < -0.4 is 0 Å². The molecule has 0 amide bonds. The van der Waals surface area contributed by atoms with E-state index < -0.39 is 8.32 Å². The van der Waals surface area contributed by atoms with E-state index in [-0.39, 0.29) is 0 Å². The van der Waals surface area contributed by atoms with Crippen LogP contribution in [-0.4, -0.2) is 13.6 Å². The standard InChI is InChI=1S/C6H16O3Si/c1-4-10(5-2,6-3)9-8-7/h7H,4-6H2,1-3H3. The predicted octanol–water partition coefficient (Wildman–Crippen LogP) is 2.41. The van der Waals surface area contributed by atoms with Crippen LogP contribution in [0, 0.1) is 0 Å². The lowest BCUT2D eigenvalue weighted by Crippen LogP contribution is -2.35. The van der Waals surface area contributed by atoms with E-state index in [4.69, 9.17) is 9.83 Å². The SMILES string of the molecule is CC[Si](CC)(CC)OOO. The minimum Gasteiger partial charge on any atom is -0.257 e. The van der Waals surface area contributed by atoms with Crippen molar-refractivity contribution in [2.45, 2.75) is 38.9 Å². The lowest BCUT2D eigenvalue weighted by atomic mass is 10.9. The smallest absolute Gasteiger partial charge is 0.242 e. The molecule has 0 aromatic carbocycles. The maximum absolute atomic E-state index is 8.11. The summed E-state index contributed by atoms with van der Waals surface area (Å²) in [6.07, 6.45) is 0. The molecule has 0 aromatic rings. The minimum absolute atomic E-state index is 0.987. The molecule has 0 rings (SSSR count).